The van der Waals surface area contributed by atoms with Gasteiger partial charge in [0, 0.05) is 42.2 Å². The van der Waals surface area contributed by atoms with Gasteiger partial charge in [0.25, 0.3) is 0 Å². The van der Waals surface area contributed by atoms with Crippen LogP contribution in [0.25, 0.3) is 22.2 Å². The minimum absolute atomic E-state index is 0.327. The maximum absolute atomic E-state index is 14.9. The summed E-state index contributed by atoms with van der Waals surface area (Å²) in [4.78, 5) is 11.1. The number of hydrogen-bond donors (Lipinski definition) is 0. The molecule has 0 bridgehead atoms. The van der Waals surface area contributed by atoms with Gasteiger partial charge in [-0.25, -0.2) is 14.4 Å². The van der Waals surface area contributed by atoms with E-state index < -0.39 is 0 Å². The van der Waals surface area contributed by atoms with Crippen LogP contribution in [0.15, 0.2) is 54.9 Å². The van der Waals surface area contributed by atoms with Gasteiger partial charge in [-0.15, -0.1) is 5.10 Å². The Kier molecular flexibility index (Phi) is 5.60. The number of aromatic nitrogens is 4. The molecule has 0 atom stereocenters. The molecule has 0 radical (unpaired) electrons. The smallest absolute Gasteiger partial charge is 0.233 e. The van der Waals surface area contributed by atoms with E-state index in [9.17, 15) is 4.39 Å². The van der Waals surface area contributed by atoms with Crippen molar-refractivity contribution < 1.29 is 13.9 Å². The van der Waals surface area contributed by atoms with Crippen molar-refractivity contribution in [1.82, 2.24) is 20.2 Å². The van der Waals surface area contributed by atoms with E-state index in [0.717, 1.165) is 40.9 Å². The summed E-state index contributed by atoms with van der Waals surface area (Å²) < 4.78 is 25.4. The van der Waals surface area contributed by atoms with Gasteiger partial charge in [0.2, 0.25) is 5.88 Å². The second-order valence-corrected chi connectivity index (χ2v) is 7.58. The van der Waals surface area contributed by atoms with E-state index in [0.29, 0.717) is 36.8 Å². The quantitative estimate of drug-likeness (QED) is 0.477. The number of fused-ring (bicyclic) bond motifs is 1. The predicted octanol–water partition coefficient (Wildman–Crippen LogP) is 3.66. The molecule has 162 valence electrons. The van der Waals surface area contributed by atoms with E-state index in [1.165, 1.54) is 12.4 Å². The summed E-state index contributed by atoms with van der Waals surface area (Å²) in [7, 11) is 1.55. The lowest BCUT2D eigenvalue weighted by Crippen LogP contribution is -2.36. The summed E-state index contributed by atoms with van der Waals surface area (Å²) in [6.45, 7) is 3.11. The molecule has 1 fully saturated rings. The molecule has 0 N–H and O–H groups in total. The first-order valence-corrected chi connectivity index (χ1v) is 10.4. The Hall–Kier alpha value is -3.65. The van der Waals surface area contributed by atoms with Gasteiger partial charge in [-0.05, 0) is 42.0 Å². The van der Waals surface area contributed by atoms with Gasteiger partial charge >= 0.3 is 0 Å². The molecule has 0 amide bonds. The fraction of sp³-hybridized carbons (Fsp3) is 0.250. The second kappa shape index (κ2) is 8.84. The maximum atomic E-state index is 14.9. The van der Waals surface area contributed by atoms with Gasteiger partial charge in [0.05, 0.1) is 37.2 Å². The fourth-order valence-corrected chi connectivity index (χ4v) is 3.90. The molecule has 7 nitrogen and oxygen atoms in total. The molecular formula is C24H22FN5O2. The molecule has 2 aromatic carbocycles. The highest BCUT2D eigenvalue weighted by Gasteiger charge is 2.16. The van der Waals surface area contributed by atoms with E-state index in [4.69, 9.17) is 9.47 Å². The van der Waals surface area contributed by atoms with Crippen LogP contribution in [-0.4, -0.2) is 53.6 Å². The lowest BCUT2D eigenvalue weighted by Gasteiger charge is -2.29. The molecular weight excluding hydrogens is 409 g/mol. The Morgan fingerprint density at radius 1 is 1.00 bits per heavy atom. The number of nitrogens with zero attached hydrogens (tertiary/aromatic N) is 5. The molecule has 0 aliphatic carbocycles. The van der Waals surface area contributed by atoms with Crippen LogP contribution < -0.4 is 9.64 Å². The standard InChI is InChI=1S/C24H22FN5O2/c1-31-23-7-3-17(28-29-23)12-16-2-6-21(25)20(13-16)24-19-5-4-18(14-22(19)26-15-27-24)30-8-10-32-11-9-30/h2-7,13-15H,8-12H2,1H3. The van der Waals surface area contributed by atoms with Gasteiger partial charge in [-0.2, -0.15) is 5.10 Å². The molecule has 0 spiro atoms. The van der Waals surface area contributed by atoms with E-state index >= 15 is 0 Å². The minimum Gasteiger partial charge on any atom is -0.480 e. The van der Waals surface area contributed by atoms with E-state index in [1.54, 1.807) is 19.2 Å². The zero-order valence-electron chi connectivity index (χ0n) is 17.7. The highest BCUT2D eigenvalue weighted by molar-refractivity contribution is 5.94. The minimum atomic E-state index is -0.327. The summed E-state index contributed by atoms with van der Waals surface area (Å²) in [5, 5.41) is 8.98. The first-order valence-electron chi connectivity index (χ1n) is 10.4. The van der Waals surface area contributed by atoms with Crippen molar-refractivity contribution in [3.05, 3.63) is 71.9 Å². The second-order valence-electron chi connectivity index (χ2n) is 7.58. The molecule has 5 rings (SSSR count). The van der Waals surface area contributed by atoms with Crippen LogP contribution in [0.5, 0.6) is 5.88 Å². The lowest BCUT2D eigenvalue weighted by molar-refractivity contribution is 0.122. The average Bonchev–Trinajstić information content (AvgIpc) is 2.85. The van der Waals surface area contributed by atoms with E-state index in [2.05, 4.69) is 25.1 Å². The van der Waals surface area contributed by atoms with Crippen LogP contribution in [0.1, 0.15) is 11.3 Å². The van der Waals surface area contributed by atoms with Crippen LogP contribution in [-0.2, 0) is 11.2 Å². The van der Waals surface area contributed by atoms with Crippen molar-refractivity contribution >= 4 is 16.6 Å². The number of morpholine rings is 1. The Labute approximate surface area is 184 Å². The van der Waals surface area contributed by atoms with Gasteiger partial charge in [-0.1, -0.05) is 6.07 Å². The van der Waals surface area contributed by atoms with Crippen LogP contribution >= 0.6 is 0 Å². The zero-order chi connectivity index (χ0) is 21.9. The summed E-state index contributed by atoms with van der Waals surface area (Å²) in [6.07, 6.45) is 2.01. The first kappa shape index (κ1) is 20.3. The molecule has 1 aliphatic rings. The first-order chi connectivity index (χ1) is 15.7. The molecule has 32 heavy (non-hydrogen) atoms. The largest absolute Gasteiger partial charge is 0.480 e. The van der Waals surface area contributed by atoms with Gasteiger partial charge < -0.3 is 14.4 Å². The third-order valence-corrected chi connectivity index (χ3v) is 5.57. The maximum Gasteiger partial charge on any atom is 0.233 e. The van der Waals surface area contributed by atoms with Gasteiger partial charge in [0.1, 0.15) is 12.1 Å². The third kappa shape index (κ3) is 4.09. The number of methoxy groups -OCH3 is 1. The van der Waals surface area contributed by atoms with Crippen LogP contribution in [0, 0.1) is 5.82 Å². The molecule has 0 saturated carbocycles. The van der Waals surface area contributed by atoms with E-state index in [-0.39, 0.29) is 5.82 Å². The van der Waals surface area contributed by atoms with Gasteiger partial charge in [0.15, 0.2) is 0 Å². The van der Waals surface area contributed by atoms with Crippen molar-refractivity contribution in [3.8, 4) is 17.1 Å². The lowest BCUT2D eigenvalue weighted by atomic mass is 10.0. The van der Waals surface area contributed by atoms with Crippen molar-refractivity contribution in [2.24, 2.45) is 0 Å². The van der Waals surface area contributed by atoms with Crippen LogP contribution in [0.3, 0.4) is 0 Å². The number of benzene rings is 2. The Bertz CT molecular complexity index is 1240. The van der Waals surface area contributed by atoms with Crippen molar-refractivity contribution in [2.75, 3.05) is 38.3 Å². The normalized spacial score (nSPS) is 14.0. The Morgan fingerprint density at radius 3 is 2.66 bits per heavy atom. The fourth-order valence-electron chi connectivity index (χ4n) is 3.90. The number of anilines is 1. The highest BCUT2D eigenvalue weighted by Crippen LogP contribution is 2.31. The molecule has 1 saturated heterocycles. The average molecular weight is 431 g/mol. The summed E-state index contributed by atoms with van der Waals surface area (Å²) in [5.41, 5.74) is 4.56. The Morgan fingerprint density at radius 2 is 1.88 bits per heavy atom. The SMILES string of the molecule is COc1ccc(Cc2ccc(F)c(-c3ncnc4cc(N5CCOCC5)ccc34)c2)nn1. The highest BCUT2D eigenvalue weighted by atomic mass is 19.1. The van der Waals surface area contributed by atoms with Crippen molar-refractivity contribution in [1.29, 1.82) is 0 Å². The summed E-state index contributed by atoms with van der Waals surface area (Å²) in [6, 6.07) is 14.7. The monoisotopic (exact) mass is 431 g/mol. The number of hydrogen-bond acceptors (Lipinski definition) is 7. The van der Waals surface area contributed by atoms with E-state index in [1.807, 2.05) is 30.3 Å². The van der Waals surface area contributed by atoms with Crippen LogP contribution in [0.2, 0.25) is 0 Å². The van der Waals surface area contributed by atoms with Gasteiger partial charge in [-0.3, -0.25) is 0 Å². The molecule has 4 aromatic rings. The summed E-state index contributed by atoms with van der Waals surface area (Å²) >= 11 is 0. The molecule has 2 aromatic heterocycles. The number of rotatable bonds is 5. The van der Waals surface area contributed by atoms with Crippen molar-refractivity contribution in [3.63, 3.8) is 0 Å². The van der Waals surface area contributed by atoms with Crippen LogP contribution in [0.4, 0.5) is 10.1 Å². The topological polar surface area (TPSA) is 73.3 Å². The number of ether oxygens (including phenoxy) is 2. The predicted molar refractivity (Wildman–Crippen MR) is 119 cm³/mol. The third-order valence-electron chi connectivity index (χ3n) is 5.57. The zero-order valence-corrected chi connectivity index (χ0v) is 17.7. The van der Waals surface area contributed by atoms with Crippen molar-refractivity contribution in [2.45, 2.75) is 6.42 Å². The molecule has 0 unspecified atom stereocenters. The number of halogens is 1. The molecule has 8 heteroatoms. The molecule has 1 aliphatic heterocycles. The summed E-state index contributed by atoms with van der Waals surface area (Å²) in [5.74, 6) is 0.129. The molecule has 3 heterocycles. The Balaban J connectivity index is 1.49.